The highest BCUT2D eigenvalue weighted by molar-refractivity contribution is 14.0. The maximum Gasteiger partial charge on any atom is 0.231 e. The van der Waals surface area contributed by atoms with Crippen LogP contribution in [0.1, 0.15) is 31.1 Å². The monoisotopic (exact) mass is 471 g/mol. The molecule has 1 aromatic carbocycles. The van der Waals surface area contributed by atoms with Crippen LogP contribution < -0.4 is 20.1 Å². The van der Waals surface area contributed by atoms with Gasteiger partial charge in [0.05, 0.1) is 12.8 Å². The van der Waals surface area contributed by atoms with Crippen molar-refractivity contribution < 1.29 is 13.9 Å². The van der Waals surface area contributed by atoms with Crippen molar-refractivity contribution in [3.63, 3.8) is 0 Å². The van der Waals surface area contributed by atoms with E-state index in [0.29, 0.717) is 13.3 Å². The number of nitrogens with one attached hydrogen (secondary N) is 2. The smallest absolute Gasteiger partial charge is 0.231 e. The van der Waals surface area contributed by atoms with Crippen molar-refractivity contribution >= 4 is 29.9 Å². The minimum absolute atomic E-state index is 0. The van der Waals surface area contributed by atoms with Crippen LogP contribution >= 0.6 is 24.0 Å². The number of fused-ring (bicyclic) bond motifs is 1. The zero-order valence-corrected chi connectivity index (χ0v) is 17.3. The van der Waals surface area contributed by atoms with Crippen LogP contribution in [0.25, 0.3) is 0 Å². The van der Waals surface area contributed by atoms with E-state index in [4.69, 9.17) is 13.9 Å². The molecular formula is C19H26IN3O3. The number of halogens is 1. The summed E-state index contributed by atoms with van der Waals surface area (Å²) in [7, 11) is 0. The van der Waals surface area contributed by atoms with Gasteiger partial charge in [-0.1, -0.05) is 19.4 Å². The van der Waals surface area contributed by atoms with Gasteiger partial charge in [0.25, 0.3) is 0 Å². The van der Waals surface area contributed by atoms with Crippen LogP contribution in [-0.2, 0) is 13.0 Å². The predicted octanol–water partition coefficient (Wildman–Crippen LogP) is 3.70. The van der Waals surface area contributed by atoms with Crippen molar-refractivity contribution in [2.24, 2.45) is 4.99 Å². The Hall–Kier alpha value is -1.90. The molecule has 1 aliphatic rings. The van der Waals surface area contributed by atoms with Gasteiger partial charge in [-0.15, -0.1) is 24.0 Å². The molecule has 1 aromatic heterocycles. The van der Waals surface area contributed by atoms with Gasteiger partial charge in [-0.25, -0.2) is 4.99 Å². The van der Waals surface area contributed by atoms with Gasteiger partial charge in [0.1, 0.15) is 5.76 Å². The highest BCUT2D eigenvalue weighted by Gasteiger charge is 2.12. The minimum Gasteiger partial charge on any atom is -0.469 e. The molecule has 0 spiro atoms. The number of hydrogen-bond donors (Lipinski definition) is 2. The highest BCUT2D eigenvalue weighted by atomic mass is 127. The number of aliphatic imine (C=N–C) groups is 1. The molecule has 7 heteroatoms. The van der Waals surface area contributed by atoms with Gasteiger partial charge in [-0.3, -0.25) is 0 Å². The van der Waals surface area contributed by atoms with Crippen molar-refractivity contribution in [2.45, 2.75) is 32.7 Å². The first-order chi connectivity index (χ1) is 12.3. The summed E-state index contributed by atoms with van der Waals surface area (Å²) in [5, 5.41) is 6.74. The molecule has 2 N–H and O–H groups in total. The number of guanidine groups is 1. The van der Waals surface area contributed by atoms with Crippen molar-refractivity contribution in [1.82, 2.24) is 10.6 Å². The van der Waals surface area contributed by atoms with Crippen molar-refractivity contribution in [1.29, 1.82) is 0 Å². The third-order valence-electron chi connectivity index (χ3n) is 3.92. The first-order valence-electron chi connectivity index (χ1n) is 8.78. The van der Waals surface area contributed by atoms with E-state index in [9.17, 15) is 0 Å². The lowest BCUT2D eigenvalue weighted by Crippen LogP contribution is -2.38. The van der Waals surface area contributed by atoms with Crippen LogP contribution in [0.2, 0.25) is 0 Å². The number of nitrogens with zero attached hydrogens (tertiary/aromatic N) is 1. The molecule has 0 amide bonds. The third kappa shape index (κ3) is 6.12. The molecule has 6 nitrogen and oxygen atoms in total. The van der Waals surface area contributed by atoms with Gasteiger partial charge in [0.15, 0.2) is 17.5 Å². The summed E-state index contributed by atoms with van der Waals surface area (Å²) in [4.78, 5) is 4.68. The van der Waals surface area contributed by atoms with Crippen molar-refractivity contribution in [3.8, 4) is 11.5 Å². The zero-order chi connectivity index (χ0) is 17.3. The normalized spacial score (nSPS) is 12.6. The molecule has 0 unspecified atom stereocenters. The molecular weight excluding hydrogens is 445 g/mol. The molecule has 0 atom stereocenters. The highest BCUT2D eigenvalue weighted by Crippen LogP contribution is 2.32. The van der Waals surface area contributed by atoms with Crippen LogP contribution in [0, 0.1) is 0 Å². The topological polar surface area (TPSA) is 68.0 Å². The lowest BCUT2D eigenvalue weighted by atomic mass is 10.2. The van der Waals surface area contributed by atoms with E-state index in [-0.39, 0.29) is 24.0 Å². The molecule has 0 radical (unpaired) electrons. The van der Waals surface area contributed by atoms with E-state index in [1.165, 1.54) is 0 Å². The summed E-state index contributed by atoms with van der Waals surface area (Å²) < 4.78 is 16.1. The van der Waals surface area contributed by atoms with Gasteiger partial charge in [0, 0.05) is 19.5 Å². The van der Waals surface area contributed by atoms with Gasteiger partial charge >= 0.3 is 0 Å². The van der Waals surface area contributed by atoms with E-state index in [1.807, 2.05) is 30.3 Å². The molecule has 2 heterocycles. The van der Waals surface area contributed by atoms with Gasteiger partial charge in [0.2, 0.25) is 6.79 Å². The number of furan rings is 1. The number of rotatable bonds is 8. The molecule has 0 bridgehead atoms. The lowest BCUT2D eigenvalue weighted by Gasteiger charge is -2.12. The number of hydrogen-bond acceptors (Lipinski definition) is 4. The van der Waals surface area contributed by atoms with Crippen LogP contribution in [0.5, 0.6) is 11.5 Å². The first-order valence-corrected chi connectivity index (χ1v) is 8.78. The molecule has 0 saturated heterocycles. The Morgan fingerprint density at radius 2 is 1.96 bits per heavy atom. The number of benzene rings is 1. The third-order valence-corrected chi connectivity index (χ3v) is 3.92. The minimum atomic E-state index is 0. The van der Waals surface area contributed by atoms with Gasteiger partial charge < -0.3 is 24.5 Å². The molecule has 0 aliphatic carbocycles. The Balaban J connectivity index is 0.00000243. The van der Waals surface area contributed by atoms with E-state index >= 15 is 0 Å². The van der Waals surface area contributed by atoms with Crippen LogP contribution in [0.15, 0.2) is 46.0 Å². The summed E-state index contributed by atoms with van der Waals surface area (Å²) >= 11 is 0. The number of ether oxygens (including phenoxy) is 2. The Morgan fingerprint density at radius 1 is 1.12 bits per heavy atom. The predicted molar refractivity (Wildman–Crippen MR) is 112 cm³/mol. The van der Waals surface area contributed by atoms with E-state index < -0.39 is 0 Å². The average molecular weight is 471 g/mol. The average Bonchev–Trinajstić information content (AvgIpc) is 3.30. The van der Waals surface area contributed by atoms with E-state index in [0.717, 1.165) is 61.1 Å². The fourth-order valence-corrected chi connectivity index (χ4v) is 2.53. The van der Waals surface area contributed by atoms with Crippen molar-refractivity contribution in [3.05, 3.63) is 47.9 Å². The van der Waals surface area contributed by atoms with Crippen LogP contribution in [-0.4, -0.2) is 25.8 Å². The fraction of sp³-hybridized carbons (Fsp3) is 0.421. The zero-order valence-electron chi connectivity index (χ0n) is 15.0. The van der Waals surface area contributed by atoms with Crippen LogP contribution in [0.4, 0.5) is 0 Å². The molecule has 2 aromatic rings. The fourth-order valence-electron chi connectivity index (χ4n) is 2.53. The first kappa shape index (κ1) is 20.4. The second-order valence-electron chi connectivity index (χ2n) is 5.89. The lowest BCUT2D eigenvalue weighted by molar-refractivity contribution is 0.174. The Kier molecular flexibility index (Phi) is 8.60. The molecule has 0 fully saturated rings. The van der Waals surface area contributed by atoms with Crippen molar-refractivity contribution in [2.75, 3.05) is 19.9 Å². The molecule has 0 saturated carbocycles. The second-order valence-corrected chi connectivity index (χ2v) is 5.89. The quantitative estimate of drug-likeness (QED) is 0.266. The molecule has 142 valence electrons. The van der Waals surface area contributed by atoms with Gasteiger partial charge in [-0.05, 0) is 36.2 Å². The summed E-state index contributed by atoms with van der Waals surface area (Å²) in [6.45, 7) is 4.73. The molecule has 26 heavy (non-hydrogen) atoms. The summed E-state index contributed by atoms with van der Waals surface area (Å²) in [5.74, 6) is 3.37. The van der Waals surface area contributed by atoms with Crippen LogP contribution in [0.3, 0.4) is 0 Å². The Morgan fingerprint density at radius 3 is 2.77 bits per heavy atom. The van der Waals surface area contributed by atoms with Gasteiger partial charge in [-0.2, -0.15) is 0 Å². The standard InChI is InChI=1S/C19H25N3O3.HI/c1-2-3-9-20-19(21-10-8-16-5-4-11-23-16)22-13-15-6-7-17-18(12-15)25-14-24-17;/h4-7,11-12H,2-3,8-10,13-14H2,1H3,(H2,20,21,22);1H. The Bertz CT molecular complexity index is 689. The Labute approximate surface area is 171 Å². The maximum atomic E-state index is 5.42. The SMILES string of the molecule is CCCCNC(=NCc1ccc2c(c1)OCO2)NCCc1ccco1.I. The summed E-state index contributed by atoms with van der Waals surface area (Å²) in [5.41, 5.74) is 1.09. The second kappa shape index (κ2) is 10.9. The van der Waals surface area contributed by atoms with E-state index in [1.54, 1.807) is 6.26 Å². The largest absolute Gasteiger partial charge is 0.469 e. The summed E-state index contributed by atoms with van der Waals surface area (Å²) in [6, 6.07) is 9.82. The molecule has 1 aliphatic heterocycles. The summed E-state index contributed by atoms with van der Waals surface area (Å²) in [6.07, 6.45) is 4.78. The van der Waals surface area contributed by atoms with E-state index in [2.05, 4.69) is 22.5 Å². The number of unbranched alkanes of at least 4 members (excludes halogenated alkanes) is 1. The molecule has 3 rings (SSSR count). The maximum absolute atomic E-state index is 5.42.